The third-order valence-electron chi connectivity index (χ3n) is 2.11. The van der Waals surface area contributed by atoms with Gasteiger partial charge >= 0.3 is 0 Å². The van der Waals surface area contributed by atoms with Crippen LogP contribution in [0.4, 0.5) is 0 Å². The van der Waals surface area contributed by atoms with E-state index in [4.69, 9.17) is 0 Å². The van der Waals surface area contributed by atoms with E-state index in [0.29, 0.717) is 0 Å². The smallest absolute Gasteiger partial charge is 0.0924 e. The standard InChI is InChI=1S/C11H14N2S/c1-11(2,3)10-5-4-9(14-10)8-6-12-7-13-8/h4-7H,1-3H3,(H,12,13). The van der Waals surface area contributed by atoms with Gasteiger partial charge in [0.2, 0.25) is 0 Å². The molecule has 2 nitrogen and oxygen atoms in total. The summed E-state index contributed by atoms with van der Waals surface area (Å²) in [6.45, 7) is 6.70. The number of nitrogens with one attached hydrogen (secondary N) is 1. The summed E-state index contributed by atoms with van der Waals surface area (Å²) in [5.41, 5.74) is 1.34. The molecule has 0 fully saturated rings. The van der Waals surface area contributed by atoms with Crippen molar-refractivity contribution in [2.24, 2.45) is 0 Å². The Labute approximate surface area is 88.0 Å². The van der Waals surface area contributed by atoms with Gasteiger partial charge in [0, 0.05) is 4.88 Å². The Kier molecular flexibility index (Phi) is 2.19. The molecule has 0 bridgehead atoms. The first-order valence-corrected chi connectivity index (χ1v) is 5.48. The SMILES string of the molecule is CC(C)(C)c1ccc(-c2cnc[nH]2)s1. The average molecular weight is 206 g/mol. The second kappa shape index (κ2) is 3.24. The van der Waals surface area contributed by atoms with Gasteiger partial charge in [-0.15, -0.1) is 11.3 Å². The van der Waals surface area contributed by atoms with Gasteiger partial charge in [0.05, 0.1) is 23.1 Å². The Morgan fingerprint density at radius 1 is 1.29 bits per heavy atom. The number of rotatable bonds is 1. The molecule has 0 unspecified atom stereocenters. The van der Waals surface area contributed by atoms with Gasteiger partial charge in [-0.25, -0.2) is 4.98 Å². The van der Waals surface area contributed by atoms with Crippen molar-refractivity contribution in [1.82, 2.24) is 9.97 Å². The molecule has 0 aromatic carbocycles. The highest BCUT2D eigenvalue weighted by Crippen LogP contribution is 2.33. The molecule has 0 spiro atoms. The zero-order valence-electron chi connectivity index (χ0n) is 8.66. The zero-order valence-corrected chi connectivity index (χ0v) is 9.48. The maximum Gasteiger partial charge on any atom is 0.0924 e. The van der Waals surface area contributed by atoms with Gasteiger partial charge in [-0.3, -0.25) is 0 Å². The molecule has 2 rings (SSSR count). The molecule has 0 amide bonds. The number of H-pyrrole nitrogens is 1. The summed E-state index contributed by atoms with van der Waals surface area (Å²) in [4.78, 5) is 9.80. The van der Waals surface area contributed by atoms with Gasteiger partial charge in [0.1, 0.15) is 0 Å². The summed E-state index contributed by atoms with van der Waals surface area (Å²) in [6.07, 6.45) is 3.57. The number of hydrogen-bond acceptors (Lipinski definition) is 2. The van der Waals surface area contributed by atoms with Crippen LogP contribution in [0.3, 0.4) is 0 Å². The van der Waals surface area contributed by atoms with E-state index in [1.165, 1.54) is 9.75 Å². The predicted octanol–water partition coefficient (Wildman–Crippen LogP) is 3.44. The first kappa shape index (κ1) is 9.46. The fraction of sp³-hybridized carbons (Fsp3) is 0.364. The molecular formula is C11H14N2S. The van der Waals surface area contributed by atoms with Crippen molar-refractivity contribution in [3.63, 3.8) is 0 Å². The van der Waals surface area contributed by atoms with Crippen LogP contribution >= 0.6 is 11.3 Å². The van der Waals surface area contributed by atoms with E-state index in [9.17, 15) is 0 Å². The molecule has 0 saturated carbocycles. The minimum absolute atomic E-state index is 0.239. The molecular weight excluding hydrogens is 192 g/mol. The van der Waals surface area contributed by atoms with Gasteiger partial charge in [-0.05, 0) is 17.5 Å². The van der Waals surface area contributed by atoms with Crippen molar-refractivity contribution < 1.29 is 0 Å². The highest BCUT2D eigenvalue weighted by atomic mass is 32.1. The number of nitrogens with zero attached hydrogens (tertiary/aromatic N) is 1. The van der Waals surface area contributed by atoms with Crippen molar-refractivity contribution in [2.45, 2.75) is 26.2 Å². The van der Waals surface area contributed by atoms with Crippen LogP contribution in [0.15, 0.2) is 24.7 Å². The summed E-state index contributed by atoms with van der Waals surface area (Å²) in [5.74, 6) is 0. The van der Waals surface area contributed by atoms with E-state index in [1.54, 1.807) is 6.33 Å². The molecule has 0 saturated heterocycles. The third-order valence-corrected chi connectivity index (χ3v) is 3.65. The highest BCUT2D eigenvalue weighted by Gasteiger charge is 2.16. The topological polar surface area (TPSA) is 28.7 Å². The van der Waals surface area contributed by atoms with Crippen LogP contribution in [0.25, 0.3) is 10.6 Å². The maximum atomic E-state index is 4.02. The largest absolute Gasteiger partial charge is 0.344 e. The summed E-state index contributed by atoms with van der Waals surface area (Å²) in [6, 6.07) is 4.35. The Hall–Kier alpha value is -1.09. The van der Waals surface area contributed by atoms with Crippen LogP contribution in [0.1, 0.15) is 25.6 Å². The van der Waals surface area contributed by atoms with Crippen molar-refractivity contribution in [3.05, 3.63) is 29.5 Å². The van der Waals surface area contributed by atoms with Crippen LogP contribution in [-0.2, 0) is 5.41 Å². The molecule has 74 valence electrons. The lowest BCUT2D eigenvalue weighted by Crippen LogP contribution is -2.07. The van der Waals surface area contributed by atoms with Crippen molar-refractivity contribution in [1.29, 1.82) is 0 Å². The van der Waals surface area contributed by atoms with Crippen molar-refractivity contribution in [3.8, 4) is 10.6 Å². The predicted molar refractivity (Wildman–Crippen MR) is 60.6 cm³/mol. The summed E-state index contributed by atoms with van der Waals surface area (Å²) in [7, 11) is 0. The molecule has 3 heteroatoms. The van der Waals surface area contributed by atoms with Crippen LogP contribution in [0.5, 0.6) is 0 Å². The van der Waals surface area contributed by atoms with E-state index in [-0.39, 0.29) is 5.41 Å². The maximum absolute atomic E-state index is 4.02. The second-order valence-electron chi connectivity index (χ2n) is 4.38. The van der Waals surface area contributed by atoms with Crippen LogP contribution in [0.2, 0.25) is 0 Å². The van der Waals surface area contributed by atoms with Gasteiger partial charge in [0.15, 0.2) is 0 Å². The lowest BCUT2D eigenvalue weighted by atomic mass is 9.95. The Balaban J connectivity index is 2.36. The molecule has 0 radical (unpaired) electrons. The van der Waals surface area contributed by atoms with Crippen LogP contribution < -0.4 is 0 Å². The van der Waals surface area contributed by atoms with Gasteiger partial charge in [-0.1, -0.05) is 20.8 Å². The summed E-state index contributed by atoms with van der Waals surface area (Å²) < 4.78 is 0. The molecule has 1 N–H and O–H groups in total. The molecule has 0 aliphatic carbocycles. The first-order valence-electron chi connectivity index (χ1n) is 4.66. The van der Waals surface area contributed by atoms with Gasteiger partial charge in [0.25, 0.3) is 0 Å². The van der Waals surface area contributed by atoms with Gasteiger partial charge < -0.3 is 4.98 Å². The number of hydrogen-bond donors (Lipinski definition) is 1. The molecule has 0 atom stereocenters. The fourth-order valence-electron chi connectivity index (χ4n) is 1.28. The lowest BCUT2D eigenvalue weighted by Gasteiger charge is -2.15. The van der Waals surface area contributed by atoms with E-state index in [2.05, 4.69) is 42.9 Å². The van der Waals surface area contributed by atoms with Crippen LogP contribution in [-0.4, -0.2) is 9.97 Å². The number of aromatic amines is 1. The first-order chi connectivity index (χ1) is 6.57. The average Bonchev–Trinajstić information content (AvgIpc) is 2.73. The summed E-state index contributed by atoms with van der Waals surface area (Å²) >= 11 is 1.83. The molecule has 0 aliphatic rings. The van der Waals surface area contributed by atoms with Crippen molar-refractivity contribution in [2.75, 3.05) is 0 Å². The van der Waals surface area contributed by atoms with Crippen molar-refractivity contribution >= 4 is 11.3 Å². The Morgan fingerprint density at radius 3 is 2.57 bits per heavy atom. The molecule has 2 heterocycles. The lowest BCUT2D eigenvalue weighted by molar-refractivity contribution is 0.604. The Bertz CT molecular complexity index is 407. The minimum Gasteiger partial charge on any atom is -0.344 e. The Morgan fingerprint density at radius 2 is 2.07 bits per heavy atom. The highest BCUT2D eigenvalue weighted by molar-refractivity contribution is 7.15. The van der Waals surface area contributed by atoms with E-state index in [1.807, 2.05) is 17.5 Å². The zero-order chi connectivity index (χ0) is 10.2. The van der Waals surface area contributed by atoms with Crippen LogP contribution in [0, 0.1) is 0 Å². The number of thiophene rings is 1. The van der Waals surface area contributed by atoms with E-state index in [0.717, 1.165) is 5.69 Å². The monoisotopic (exact) mass is 206 g/mol. The number of imidazole rings is 1. The number of aromatic nitrogens is 2. The normalized spacial score (nSPS) is 11.9. The minimum atomic E-state index is 0.239. The molecule has 0 aliphatic heterocycles. The third kappa shape index (κ3) is 1.73. The summed E-state index contributed by atoms with van der Waals surface area (Å²) in [5, 5.41) is 0. The quantitative estimate of drug-likeness (QED) is 0.760. The van der Waals surface area contributed by atoms with Gasteiger partial charge in [-0.2, -0.15) is 0 Å². The van der Waals surface area contributed by atoms with E-state index >= 15 is 0 Å². The molecule has 14 heavy (non-hydrogen) atoms. The molecule has 2 aromatic heterocycles. The van der Waals surface area contributed by atoms with E-state index < -0.39 is 0 Å². The fourth-order valence-corrected chi connectivity index (χ4v) is 2.31. The second-order valence-corrected chi connectivity index (χ2v) is 5.46. The molecule has 2 aromatic rings.